The molecule has 40 heavy (non-hydrogen) atoms. The van der Waals surface area contributed by atoms with E-state index in [0.29, 0.717) is 42.8 Å². The first-order chi connectivity index (χ1) is 19.3. The van der Waals surface area contributed by atoms with E-state index in [-0.39, 0.29) is 17.8 Å². The number of halogens is 1. The normalized spacial score (nSPS) is 17.2. The fraction of sp³-hybridized carbons (Fsp3) is 0.303. The van der Waals surface area contributed by atoms with E-state index in [1.165, 1.54) is 12.1 Å². The van der Waals surface area contributed by atoms with Gasteiger partial charge < -0.3 is 10.4 Å². The maximum Gasteiger partial charge on any atom is 0.331 e. The topological polar surface area (TPSA) is 82.0 Å². The number of amides is 1. The van der Waals surface area contributed by atoms with Gasteiger partial charge in [0.25, 0.3) is 0 Å². The fourth-order valence-corrected chi connectivity index (χ4v) is 5.08. The quantitative estimate of drug-likeness (QED) is 0.157. The van der Waals surface area contributed by atoms with Crippen molar-refractivity contribution in [3.63, 3.8) is 0 Å². The van der Waals surface area contributed by atoms with E-state index in [1.54, 1.807) is 25.1 Å². The number of unbranched alkanes of at least 4 members (excludes halogenated alkanes) is 1. The number of rotatable bonds is 12. The Bertz CT molecular complexity index is 1360. The first-order valence-electron chi connectivity index (χ1n) is 13.7. The van der Waals surface area contributed by atoms with E-state index in [4.69, 9.17) is 4.99 Å². The van der Waals surface area contributed by atoms with Crippen LogP contribution in [0.1, 0.15) is 55.7 Å². The molecule has 4 rings (SSSR count). The summed E-state index contributed by atoms with van der Waals surface area (Å²) in [5.41, 5.74) is 2.09. The van der Waals surface area contributed by atoms with Gasteiger partial charge in [-0.2, -0.15) is 0 Å². The van der Waals surface area contributed by atoms with Crippen LogP contribution in [0.15, 0.2) is 96.5 Å². The van der Waals surface area contributed by atoms with Crippen LogP contribution in [0, 0.1) is 5.82 Å². The summed E-state index contributed by atoms with van der Waals surface area (Å²) in [7, 11) is 0. The number of carbonyl (C=O) groups excluding carboxylic acids is 1. The molecule has 0 aliphatic carbocycles. The number of nitrogens with zero attached hydrogens (tertiary/aromatic N) is 2. The third kappa shape index (κ3) is 7.10. The zero-order valence-electron chi connectivity index (χ0n) is 22.9. The van der Waals surface area contributed by atoms with Gasteiger partial charge in [-0.1, -0.05) is 66.7 Å². The highest BCUT2D eigenvalue weighted by Crippen LogP contribution is 2.28. The molecule has 1 saturated heterocycles. The summed E-state index contributed by atoms with van der Waals surface area (Å²) in [6.45, 7) is 6.70. The molecule has 0 saturated carbocycles. The molecule has 0 radical (unpaired) electrons. The number of aliphatic carboxylic acids is 1. The number of carbonyl (C=O) groups is 2. The van der Waals surface area contributed by atoms with Gasteiger partial charge in [-0.05, 0) is 69.3 Å². The number of aliphatic imine (C=N–C) groups is 1. The summed E-state index contributed by atoms with van der Waals surface area (Å²) in [6.07, 6.45) is 5.06. The smallest absolute Gasteiger partial charge is 0.331 e. The van der Waals surface area contributed by atoms with Crippen LogP contribution in [0.3, 0.4) is 0 Å². The van der Waals surface area contributed by atoms with E-state index in [2.05, 4.69) is 16.8 Å². The van der Waals surface area contributed by atoms with Gasteiger partial charge in [-0.25, -0.2) is 9.18 Å². The molecule has 7 heteroatoms. The van der Waals surface area contributed by atoms with E-state index >= 15 is 0 Å². The van der Waals surface area contributed by atoms with Crippen LogP contribution in [-0.2, 0) is 16.1 Å². The zero-order chi connectivity index (χ0) is 28.5. The van der Waals surface area contributed by atoms with Gasteiger partial charge in [0, 0.05) is 17.7 Å². The molecule has 6 nitrogen and oxygen atoms in total. The van der Waals surface area contributed by atoms with Gasteiger partial charge in [-0.15, -0.1) is 6.58 Å². The van der Waals surface area contributed by atoms with Crippen molar-refractivity contribution in [1.29, 1.82) is 0 Å². The van der Waals surface area contributed by atoms with Crippen LogP contribution in [-0.4, -0.2) is 45.7 Å². The largest absolute Gasteiger partial charge is 0.479 e. The van der Waals surface area contributed by atoms with Crippen molar-refractivity contribution < 1.29 is 19.1 Å². The summed E-state index contributed by atoms with van der Waals surface area (Å²) in [5, 5.41) is 13.3. The van der Waals surface area contributed by atoms with Gasteiger partial charge in [0.1, 0.15) is 5.82 Å². The average molecular weight is 542 g/mol. The molecule has 208 valence electrons. The van der Waals surface area contributed by atoms with Gasteiger partial charge in [0.05, 0.1) is 17.4 Å². The number of hydrogen-bond donors (Lipinski definition) is 2. The molecular weight excluding hydrogens is 505 g/mol. The molecule has 1 aliphatic rings. The Morgan fingerprint density at radius 3 is 2.50 bits per heavy atom. The lowest BCUT2D eigenvalue weighted by molar-refractivity contribution is -0.142. The van der Waals surface area contributed by atoms with Crippen LogP contribution in [0.5, 0.6) is 0 Å². The SMILES string of the molecule is C=CCCC[C@](C)(N=C(c1ccccc1)c1ccccc1NC(=O)[C@@H]1CCCN1Cc1ccc(F)cc1)C(=O)O. The van der Waals surface area contributed by atoms with E-state index in [1.807, 2.05) is 54.6 Å². The fourth-order valence-electron chi connectivity index (χ4n) is 5.08. The number of anilines is 1. The molecule has 2 atom stereocenters. The number of hydrogen-bond acceptors (Lipinski definition) is 4. The third-order valence-corrected chi connectivity index (χ3v) is 7.34. The number of nitrogens with one attached hydrogen (secondary N) is 1. The first kappa shape index (κ1) is 28.9. The highest BCUT2D eigenvalue weighted by Gasteiger charge is 2.34. The lowest BCUT2D eigenvalue weighted by Gasteiger charge is -2.25. The molecule has 3 aromatic carbocycles. The number of para-hydroxylation sites is 1. The predicted molar refractivity (Wildman–Crippen MR) is 157 cm³/mol. The maximum atomic E-state index is 13.6. The second-order valence-corrected chi connectivity index (χ2v) is 10.4. The molecule has 1 fully saturated rings. The lowest BCUT2D eigenvalue weighted by Crippen LogP contribution is -2.39. The second-order valence-electron chi connectivity index (χ2n) is 10.4. The monoisotopic (exact) mass is 541 g/mol. The van der Waals surface area contributed by atoms with E-state index in [0.717, 1.165) is 30.5 Å². The molecule has 0 spiro atoms. The Kier molecular flexibility index (Phi) is 9.61. The van der Waals surface area contributed by atoms with Crippen LogP contribution in [0.25, 0.3) is 0 Å². The van der Waals surface area contributed by atoms with Gasteiger partial charge in [0.15, 0.2) is 5.54 Å². The number of carboxylic acids is 1. The predicted octanol–water partition coefficient (Wildman–Crippen LogP) is 6.47. The number of benzene rings is 3. The van der Waals surface area contributed by atoms with Crippen molar-refractivity contribution in [2.45, 2.75) is 57.2 Å². The highest BCUT2D eigenvalue weighted by molar-refractivity contribution is 6.18. The summed E-state index contributed by atoms with van der Waals surface area (Å²) in [5.74, 6) is -1.42. The molecule has 0 unspecified atom stereocenters. The Morgan fingerprint density at radius 2 is 1.80 bits per heavy atom. The van der Waals surface area contributed by atoms with E-state index < -0.39 is 11.5 Å². The number of carboxylic acid groups (broad SMARTS) is 1. The molecular formula is C33H36FN3O3. The van der Waals surface area contributed by atoms with Crippen molar-refractivity contribution >= 4 is 23.3 Å². The Hall–Kier alpha value is -4.10. The summed E-state index contributed by atoms with van der Waals surface area (Å²) in [6, 6.07) is 22.8. The van der Waals surface area contributed by atoms with Crippen molar-refractivity contribution in [1.82, 2.24) is 4.90 Å². The molecule has 3 aromatic rings. The Balaban J connectivity index is 1.65. The second kappa shape index (κ2) is 13.3. The van der Waals surface area contributed by atoms with Crippen molar-refractivity contribution in [3.05, 3.63) is 114 Å². The van der Waals surface area contributed by atoms with Crippen molar-refractivity contribution in [2.75, 3.05) is 11.9 Å². The molecule has 0 aromatic heterocycles. The summed E-state index contributed by atoms with van der Waals surface area (Å²) in [4.78, 5) is 33.0. The number of allylic oxidation sites excluding steroid dienone is 1. The van der Waals surface area contributed by atoms with Crippen LogP contribution in [0.2, 0.25) is 0 Å². The average Bonchev–Trinajstić information content (AvgIpc) is 3.42. The molecule has 1 aliphatic heterocycles. The minimum atomic E-state index is -1.36. The van der Waals surface area contributed by atoms with Crippen LogP contribution >= 0.6 is 0 Å². The van der Waals surface area contributed by atoms with Crippen molar-refractivity contribution in [3.8, 4) is 0 Å². The Labute approximate surface area is 235 Å². The zero-order valence-corrected chi connectivity index (χ0v) is 22.9. The standard InChI is InChI=1S/C33H36FN3O3/c1-3-4-10-21-33(2,32(39)40)36-30(25-12-6-5-7-13-25)27-14-8-9-15-28(27)35-31(38)29-16-11-22-37(29)23-24-17-19-26(34)20-18-24/h3,5-9,12-15,17-20,29H,1,4,10-11,16,21-23H2,2H3,(H,35,38)(H,39,40)/t29-,33-/m0/s1. The van der Waals surface area contributed by atoms with Gasteiger partial charge in [0.2, 0.25) is 5.91 Å². The van der Waals surface area contributed by atoms with Gasteiger partial charge in [-0.3, -0.25) is 14.7 Å². The minimum Gasteiger partial charge on any atom is -0.479 e. The molecule has 1 amide bonds. The lowest BCUT2D eigenvalue weighted by atomic mass is 9.93. The highest BCUT2D eigenvalue weighted by atomic mass is 19.1. The summed E-state index contributed by atoms with van der Waals surface area (Å²) < 4.78 is 13.4. The summed E-state index contributed by atoms with van der Waals surface area (Å²) >= 11 is 0. The third-order valence-electron chi connectivity index (χ3n) is 7.34. The molecule has 0 bridgehead atoms. The number of likely N-dealkylation sites (tertiary alicyclic amines) is 1. The van der Waals surface area contributed by atoms with E-state index in [9.17, 15) is 19.1 Å². The maximum absolute atomic E-state index is 13.6. The minimum absolute atomic E-state index is 0.133. The van der Waals surface area contributed by atoms with Crippen LogP contribution in [0.4, 0.5) is 10.1 Å². The van der Waals surface area contributed by atoms with Crippen LogP contribution < -0.4 is 5.32 Å². The first-order valence-corrected chi connectivity index (χ1v) is 13.7. The Morgan fingerprint density at radius 1 is 1.10 bits per heavy atom. The molecule has 2 N–H and O–H groups in total. The van der Waals surface area contributed by atoms with Gasteiger partial charge >= 0.3 is 5.97 Å². The molecule has 1 heterocycles. The van der Waals surface area contributed by atoms with Crippen molar-refractivity contribution in [2.24, 2.45) is 4.99 Å².